The van der Waals surface area contributed by atoms with E-state index in [9.17, 15) is 9.59 Å². The summed E-state index contributed by atoms with van der Waals surface area (Å²) in [5.41, 5.74) is 3.34. The molecule has 6 nitrogen and oxygen atoms in total. The number of amides is 2. The molecule has 0 aliphatic heterocycles. The normalized spacial score (nSPS) is 10.6. The highest BCUT2D eigenvalue weighted by Gasteiger charge is 2.10. The molecular formula is C22H23N3O3S. The first-order valence-corrected chi connectivity index (χ1v) is 10.2. The number of pyridine rings is 1. The average Bonchev–Trinajstić information content (AvgIpc) is 2.72. The van der Waals surface area contributed by atoms with Crippen molar-refractivity contribution < 1.29 is 14.3 Å². The number of rotatable bonds is 7. The molecule has 3 rings (SSSR count). The van der Waals surface area contributed by atoms with Crippen molar-refractivity contribution in [3.8, 4) is 5.75 Å². The van der Waals surface area contributed by atoms with Gasteiger partial charge in [0.15, 0.2) is 0 Å². The second-order valence-electron chi connectivity index (χ2n) is 6.46. The van der Waals surface area contributed by atoms with E-state index in [-0.39, 0.29) is 17.6 Å². The predicted octanol–water partition coefficient (Wildman–Crippen LogP) is 4.50. The van der Waals surface area contributed by atoms with Gasteiger partial charge in [0.1, 0.15) is 10.8 Å². The van der Waals surface area contributed by atoms with Gasteiger partial charge in [0.25, 0.3) is 0 Å². The van der Waals surface area contributed by atoms with Crippen LogP contribution >= 0.6 is 11.8 Å². The van der Waals surface area contributed by atoms with E-state index in [0.717, 1.165) is 33.7 Å². The molecule has 29 heavy (non-hydrogen) atoms. The number of carbonyl (C=O) groups excluding carboxylic acids is 2. The SMILES string of the molecule is CCc1cc2cc(OC)ccc2nc1SCC(=O)Nc1ccc(NC(C)=O)cc1. The largest absolute Gasteiger partial charge is 0.497 e. The summed E-state index contributed by atoms with van der Waals surface area (Å²) in [5, 5.41) is 7.44. The summed E-state index contributed by atoms with van der Waals surface area (Å²) >= 11 is 1.42. The van der Waals surface area contributed by atoms with Crippen molar-refractivity contribution in [1.82, 2.24) is 4.98 Å². The summed E-state index contributed by atoms with van der Waals surface area (Å²) in [7, 11) is 1.64. The summed E-state index contributed by atoms with van der Waals surface area (Å²) in [6.45, 7) is 3.53. The van der Waals surface area contributed by atoms with E-state index in [1.807, 2.05) is 18.2 Å². The van der Waals surface area contributed by atoms with Gasteiger partial charge in [0.05, 0.1) is 18.4 Å². The number of hydrogen-bond acceptors (Lipinski definition) is 5. The lowest BCUT2D eigenvalue weighted by Crippen LogP contribution is -2.14. The van der Waals surface area contributed by atoms with Gasteiger partial charge in [0, 0.05) is 23.7 Å². The Balaban J connectivity index is 1.66. The van der Waals surface area contributed by atoms with Crippen LogP contribution in [0.1, 0.15) is 19.4 Å². The molecule has 0 saturated carbocycles. The van der Waals surface area contributed by atoms with Crippen LogP contribution in [-0.4, -0.2) is 29.7 Å². The number of aryl methyl sites for hydroxylation is 1. The smallest absolute Gasteiger partial charge is 0.234 e. The van der Waals surface area contributed by atoms with Gasteiger partial charge in [-0.3, -0.25) is 9.59 Å². The standard InChI is InChI=1S/C22H23N3O3S/c1-4-15-11-16-12-19(28-3)9-10-20(16)25-22(15)29-13-21(27)24-18-7-5-17(6-8-18)23-14(2)26/h5-12H,4,13H2,1-3H3,(H,23,26)(H,24,27). The van der Waals surface area contributed by atoms with E-state index >= 15 is 0 Å². The van der Waals surface area contributed by atoms with E-state index in [1.54, 1.807) is 31.4 Å². The van der Waals surface area contributed by atoms with E-state index in [0.29, 0.717) is 11.4 Å². The minimum Gasteiger partial charge on any atom is -0.497 e. The maximum absolute atomic E-state index is 12.3. The lowest BCUT2D eigenvalue weighted by Gasteiger charge is -2.10. The Morgan fingerprint density at radius 2 is 1.72 bits per heavy atom. The molecule has 0 atom stereocenters. The number of nitrogens with zero attached hydrogens (tertiary/aromatic N) is 1. The third kappa shape index (κ3) is 5.48. The van der Waals surface area contributed by atoms with Gasteiger partial charge in [0.2, 0.25) is 11.8 Å². The van der Waals surface area contributed by atoms with Gasteiger partial charge in [-0.15, -0.1) is 0 Å². The molecular weight excluding hydrogens is 386 g/mol. The van der Waals surface area contributed by atoms with Crippen molar-refractivity contribution in [1.29, 1.82) is 0 Å². The molecule has 7 heteroatoms. The zero-order valence-electron chi connectivity index (χ0n) is 16.6. The van der Waals surface area contributed by atoms with E-state index in [4.69, 9.17) is 9.72 Å². The summed E-state index contributed by atoms with van der Waals surface area (Å²) in [6.07, 6.45) is 0.828. The van der Waals surface area contributed by atoms with Crippen molar-refractivity contribution in [3.05, 3.63) is 54.1 Å². The Kier molecular flexibility index (Phi) is 6.72. The van der Waals surface area contributed by atoms with Crippen molar-refractivity contribution in [2.24, 2.45) is 0 Å². The molecule has 3 aromatic rings. The molecule has 0 saturated heterocycles. The first-order valence-electron chi connectivity index (χ1n) is 9.26. The first-order chi connectivity index (χ1) is 14.0. The topological polar surface area (TPSA) is 80.3 Å². The summed E-state index contributed by atoms with van der Waals surface area (Å²) < 4.78 is 5.28. The summed E-state index contributed by atoms with van der Waals surface area (Å²) in [4.78, 5) is 28.1. The van der Waals surface area contributed by atoms with Crippen LogP contribution in [0.4, 0.5) is 11.4 Å². The average molecular weight is 410 g/mol. The molecule has 0 aliphatic carbocycles. The fourth-order valence-electron chi connectivity index (χ4n) is 2.86. The number of nitrogens with one attached hydrogen (secondary N) is 2. The number of aromatic nitrogens is 1. The van der Waals surface area contributed by atoms with E-state index in [1.165, 1.54) is 18.7 Å². The molecule has 0 radical (unpaired) electrons. The van der Waals surface area contributed by atoms with E-state index in [2.05, 4.69) is 23.6 Å². The quantitative estimate of drug-likeness (QED) is 0.562. The predicted molar refractivity (Wildman–Crippen MR) is 118 cm³/mol. The zero-order valence-corrected chi connectivity index (χ0v) is 17.4. The molecule has 0 aliphatic rings. The second kappa shape index (κ2) is 9.43. The molecule has 1 heterocycles. The highest BCUT2D eigenvalue weighted by atomic mass is 32.2. The Morgan fingerprint density at radius 3 is 2.34 bits per heavy atom. The van der Waals surface area contributed by atoms with Crippen LogP contribution in [0.2, 0.25) is 0 Å². The molecule has 0 bridgehead atoms. The molecule has 0 spiro atoms. The Hall–Kier alpha value is -3.06. The molecule has 1 aromatic heterocycles. The lowest BCUT2D eigenvalue weighted by molar-refractivity contribution is -0.114. The van der Waals surface area contributed by atoms with Crippen molar-refractivity contribution in [3.63, 3.8) is 0 Å². The lowest BCUT2D eigenvalue weighted by atomic mass is 10.1. The number of carbonyl (C=O) groups is 2. The highest BCUT2D eigenvalue weighted by molar-refractivity contribution is 8.00. The molecule has 0 fully saturated rings. The molecule has 2 aromatic carbocycles. The van der Waals surface area contributed by atoms with Crippen LogP contribution in [0.3, 0.4) is 0 Å². The van der Waals surface area contributed by atoms with Crippen LogP contribution in [0.15, 0.2) is 53.6 Å². The van der Waals surface area contributed by atoms with Crippen LogP contribution in [0.5, 0.6) is 5.75 Å². The van der Waals surface area contributed by atoms with Gasteiger partial charge in [-0.1, -0.05) is 18.7 Å². The van der Waals surface area contributed by atoms with Gasteiger partial charge >= 0.3 is 0 Å². The van der Waals surface area contributed by atoms with Gasteiger partial charge in [-0.25, -0.2) is 4.98 Å². The van der Waals surface area contributed by atoms with Gasteiger partial charge in [-0.2, -0.15) is 0 Å². The molecule has 150 valence electrons. The first kappa shape index (κ1) is 20.7. The third-order valence-electron chi connectivity index (χ3n) is 4.27. The Bertz CT molecular complexity index is 1040. The minimum atomic E-state index is -0.133. The Labute approximate surface area is 174 Å². The minimum absolute atomic E-state index is 0.110. The molecule has 2 N–H and O–H groups in total. The number of anilines is 2. The third-order valence-corrected chi connectivity index (χ3v) is 5.30. The fraction of sp³-hybridized carbons (Fsp3) is 0.227. The van der Waals surface area contributed by atoms with Gasteiger partial charge in [-0.05, 0) is 60.5 Å². The van der Waals surface area contributed by atoms with Crippen LogP contribution in [-0.2, 0) is 16.0 Å². The number of ether oxygens (including phenoxy) is 1. The molecule has 0 unspecified atom stereocenters. The molecule has 2 amide bonds. The summed E-state index contributed by atoms with van der Waals surface area (Å²) in [5.74, 6) is 0.813. The maximum atomic E-state index is 12.3. The Morgan fingerprint density at radius 1 is 1.03 bits per heavy atom. The highest BCUT2D eigenvalue weighted by Crippen LogP contribution is 2.28. The van der Waals surface area contributed by atoms with Crippen LogP contribution in [0.25, 0.3) is 10.9 Å². The fourth-order valence-corrected chi connectivity index (χ4v) is 3.75. The monoisotopic (exact) mass is 409 g/mol. The zero-order chi connectivity index (χ0) is 20.8. The number of thioether (sulfide) groups is 1. The van der Waals surface area contributed by atoms with Crippen molar-refractivity contribution in [2.45, 2.75) is 25.3 Å². The number of hydrogen-bond donors (Lipinski definition) is 2. The van der Waals surface area contributed by atoms with Crippen LogP contribution < -0.4 is 15.4 Å². The second-order valence-corrected chi connectivity index (χ2v) is 7.42. The summed E-state index contributed by atoms with van der Waals surface area (Å²) in [6, 6.07) is 14.9. The number of benzene rings is 2. The van der Waals surface area contributed by atoms with Crippen molar-refractivity contribution >= 4 is 45.9 Å². The van der Waals surface area contributed by atoms with Crippen LogP contribution in [0, 0.1) is 0 Å². The van der Waals surface area contributed by atoms with E-state index < -0.39 is 0 Å². The number of methoxy groups -OCH3 is 1. The maximum Gasteiger partial charge on any atom is 0.234 e. The number of fused-ring (bicyclic) bond motifs is 1. The van der Waals surface area contributed by atoms with Gasteiger partial charge < -0.3 is 15.4 Å². The van der Waals surface area contributed by atoms with Crippen molar-refractivity contribution in [2.75, 3.05) is 23.5 Å².